The number of hydrogen-bond donors (Lipinski definition) is 1. The van der Waals surface area contributed by atoms with Crippen LogP contribution in [0.3, 0.4) is 0 Å². The summed E-state index contributed by atoms with van der Waals surface area (Å²) in [6.45, 7) is 1.50. The van der Waals surface area contributed by atoms with Crippen LogP contribution in [-0.4, -0.2) is 30.1 Å². The monoisotopic (exact) mass is 243 g/mol. The summed E-state index contributed by atoms with van der Waals surface area (Å²) in [5.74, 6) is 0.688. The Labute approximate surface area is 108 Å². The fourth-order valence-corrected chi connectivity index (χ4v) is 3.37. The molecule has 3 heteroatoms. The SMILES string of the molecule is O=[C]N1CNC2(CCC(c3ccccc3)CC2)C1. The molecule has 1 saturated carbocycles. The first-order valence-corrected chi connectivity index (χ1v) is 6.74. The Morgan fingerprint density at radius 3 is 2.56 bits per heavy atom. The molecule has 1 radical (unpaired) electrons. The van der Waals surface area contributed by atoms with Crippen molar-refractivity contribution in [2.24, 2.45) is 0 Å². The molecule has 1 N–H and O–H groups in total. The van der Waals surface area contributed by atoms with Gasteiger partial charge < -0.3 is 4.90 Å². The topological polar surface area (TPSA) is 32.3 Å². The number of amides is 1. The highest BCUT2D eigenvalue weighted by Gasteiger charge is 2.40. The number of nitrogens with zero attached hydrogens (tertiary/aromatic N) is 1. The fourth-order valence-electron chi connectivity index (χ4n) is 3.37. The predicted molar refractivity (Wildman–Crippen MR) is 70.8 cm³/mol. The lowest BCUT2D eigenvalue weighted by atomic mass is 9.74. The van der Waals surface area contributed by atoms with Gasteiger partial charge in [0.25, 0.3) is 0 Å². The molecule has 3 nitrogen and oxygen atoms in total. The summed E-state index contributed by atoms with van der Waals surface area (Å²) in [5.41, 5.74) is 1.63. The van der Waals surface area contributed by atoms with Crippen molar-refractivity contribution in [2.75, 3.05) is 13.2 Å². The van der Waals surface area contributed by atoms with Crippen LogP contribution in [0.5, 0.6) is 0 Å². The van der Waals surface area contributed by atoms with Gasteiger partial charge in [0.15, 0.2) is 0 Å². The van der Waals surface area contributed by atoms with Gasteiger partial charge in [-0.3, -0.25) is 10.1 Å². The second-order valence-corrected chi connectivity index (χ2v) is 5.59. The van der Waals surface area contributed by atoms with Crippen LogP contribution in [0.1, 0.15) is 37.2 Å². The molecule has 0 unspecified atom stereocenters. The van der Waals surface area contributed by atoms with E-state index in [9.17, 15) is 4.79 Å². The third kappa shape index (κ3) is 2.15. The molecular formula is C15H19N2O. The standard InChI is InChI=1S/C15H19N2O/c18-12-17-10-15(16-11-17)8-6-14(7-9-15)13-4-2-1-3-5-13/h1-5,14,16H,6-11H2. The van der Waals surface area contributed by atoms with Crippen LogP contribution in [-0.2, 0) is 4.79 Å². The summed E-state index contributed by atoms with van der Waals surface area (Å²) in [7, 11) is 0. The first-order valence-electron chi connectivity index (χ1n) is 6.74. The molecule has 0 bridgehead atoms. The summed E-state index contributed by atoms with van der Waals surface area (Å²) < 4.78 is 0. The van der Waals surface area contributed by atoms with Crippen molar-refractivity contribution in [1.29, 1.82) is 0 Å². The van der Waals surface area contributed by atoms with Crippen LogP contribution in [0.25, 0.3) is 0 Å². The molecule has 1 aliphatic heterocycles. The quantitative estimate of drug-likeness (QED) is 0.862. The maximum Gasteiger partial charge on any atom is 0.313 e. The van der Waals surface area contributed by atoms with E-state index in [1.54, 1.807) is 4.90 Å². The third-order valence-corrected chi connectivity index (χ3v) is 4.48. The maximum absolute atomic E-state index is 10.7. The molecule has 1 aliphatic carbocycles. The minimum absolute atomic E-state index is 0.169. The van der Waals surface area contributed by atoms with Gasteiger partial charge in [0, 0.05) is 12.1 Å². The first kappa shape index (κ1) is 11.7. The molecule has 1 aromatic rings. The Morgan fingerprint density at radius 1 is 1.22 bits per heavy atom. The maximum atomic E-state index is 10.7. The Balaban J connectivity index is 1.63. The molecule has 1 saturated heterocycles. The molecule has 3 rings (SSSR count). The second kappa shape index (κ2) is 4.73. The third-order valence-electron chi connectivity index (χ3n) is 4.48. The minimum Gasteiger partial charge on any atom is -0.320 e. The largest absolute Gasteiger partial charge is 0.320 e. The molecule has 2 fully saturated rings. The summed E-state index contributed by atoms with van der Waals surface area (Å²) in [6, 6.07) is 10.8. The molecule has 1 heterocycles. The van der Waals surface area contributed by atoms with Gasteiger partial charge >= 0.3 is 6.41 Å². The lowest BCUT2D eigenvalue weighted by molar-refractivity contribution is 0.250. The van der Waals surface area contributed by atoms with E-state index in [0.717, 1.165) is 19.4 Å². The van der Waals surface area contributed by atoms with Crippen molar-refractivity contribution in [3.05, 3.63) is 35.9 Å². The second-order valence-electron chi connectivity index (χ2n) is 5.59. The Morgan fingerprint density at radius 2 is 1.94 bits per heavy atom. The van der Waals surface area contributed by atoms with Crippen molar-refractivity contribution < 1.29 is 4.79 Å². The molecule has 95 valence electrons. The lowest BCUT2D eigenvalue weighted by Crippen LogP contribution is -2.45. The zero-order chi connectivity index (χ0) is 12.4. The molecule has 18 heavy (non-hydrogen) atoms. The van der Waals surface area contributed by atoms with Gasteiger partial charge in [-0.15, -0.1) is 0 Å². The van der Waals surface area contributed by atoms with Crippen LogP contribution >= 0.6 is 0 Å². The summed E-state index contributed by atoms with van der Waals surface area (Å²) in [5, 5.41) is 3.51. The van der Waals surface area contributed by atoms with Crippen molar-refractivity contribution >= 4 is 6.41 Å². The van der Waals surface area contributed by atoms with E-state index in [1.807, 2.05) is 6.41 Å². The normalized spacial score (nSPS) is 31.8. The average Bonchev–Trinajstić information content (AvgIpc) is 2.84. The number of hydrogen-bond acceptors (Lipinski definition) is 2. The van der Waals surface area contributed by atoms with Gasteiger partial charge in [0.1, 0.15) is 0 Å². The number of rotatable bonds is 2. The smallest absolute Gasteiger partial charge is 0.313 e. The predicted octanol–water partition coefficient (Wildman–Crippen LogP) is 2.01. The van der Waals surface area contributed by atoms with Gasteiger partial charge in [-0.05, 0) is 37.2 Å². The number of carbonyl (C=O) groups excluding carboxylic acids is 1. The Hall–Kier alpha value is -1.35. The van der Waals surface area contributed by atoms with Crippen LogP contribution in [0.2, 0.25) is 0 Å². The molecule has 0 atom stereocenters. The van der Waals surface area contributed by atoms with Gasteiger partial charge in [-0.2, -0.15) is 0 Å². The summed E-state index contributed by atoms with van der Waals surface area (Å²) >= 11 is 0. The summed E-state index contributed by atoms with van der Waals surface area (Å²) in [4.78, 5) is 12.4. The Kier molecular flexibility index (Phi) is 3.08. The lowest BCUT2D eigenvalue weighted by Gasteiger charge is -2.37. The molecule has 0 aromatic heterocycles. The van der Waals surface area contributed by atoms with Gasteiger partial charge in [-0.1, -0.05) is 30.3 Å². The van der Waals surface area contributed by atoms with Crippen LogP contribution in [0, 0.1) is 0 Å². The molecule has 1 spiro atoms. The number of benzene rings is 1. The highest BCUT2D eigenvalue weighted by molar-refractivity contribution is 5.49. The van der Waals surface area contributed by atoms with Crippen molar-refractivity contribution in [2.45, 2.75) is 37.1 Å². The van der Waals surface area contributed by atoms with E-state index in [4.69, 9.17) is 0 Å². The van der Waals surface area contributed by atoms with Crippen molar-refractivity contribution in [3.63, 3.8) is 0 Å². The van der Waals surface area contributed by atoms with Gasteiger partial charge in [0.2, 0.25) is 0 Å². The average molecular weight is 243 g/mol. The zero-order valence-corrected chi connectivity index (χ0v) is 10.6. The van der Waals surface area contributed by atoms with Gasteiger partial charge in [-0.25, -0.2) is 0 Å². The van der Waals surface area contributed by atoms with E-state index in [-0.39, 0.29) is 5.54 Å². The van der Waals surface area contributed by atoms with Crippen molar-refractivity contribution in [3.8, 4) is 0 Å². The van der Waals surface area contributed by atoms with E-state index in [2.05, 4.69) is 35.6 Å². The number of nitrogens with one attached hydrogen (secondary N) is 1. The highest BCUT2D eigenvalue weighted by Crippen LogP contribution is 2.39. The van der Waals surface area contributed by atoms with E-state index in [1.165, 1.54) is 18.4 Å². The Bertz CT molecular complexity index is 410. The van der Waals surface area contributed by atoms with Crippen LogP contribution < -0.4 is 5.32 Å². The van der Waals surface area contributed by atoms with E-state index >= 15 is 0 Å². The molecule has 1 aromatic carbocycles. The van der Waals surface area contributed by atoms with E-state index in [0.29, 0.717) is 12.6 Å². The first-order chi connectivity index (χ1) is 8.81. The summed E-state index contributed by atoms with van der Waals surface area (Å²) in [6.07, 6.45) is 6.74. The van der Waals surface area contributed by atoms with Crippen LogP contribution in [0.15, 0.2) is 30.3 Å². The van der Waals surface area contributed by atoms with Gasteiger partial charge in [0.05, 0.1) is 6.67 Å². The molecule has 1 amide bonds. The van der Waals surface area contributed by atoms with Crippen molar-refractivity contribution in [1.82, 2.24) is 10.2 Å². The van der Waals surface area contributed by atoms with E-state index < -0.39 is 0 Å². The fraction of sp³-hybridized carbons (Fsp3) is 0.533. The molecular weight excluding hydrogens is 224 g/mol. The zero-order valence-electron chi connectivity index (χ0n) is 10.6. The van der Waals surface area contributed by atoms with Crippen LogP contribution in [0.4, 0.5) is 0 Å². The molecule has 2 aliphatic rings. The highest BCUT2D eigenvalue weighted by atomic mass is 16.1. The minimum atomic E-state index is 0.169.